The molecule has 1 aliphatic rings. The number of ether oxygens (including phenoxy) is 2. The summed E-state index contributed by atoms with van der Waals surface area (Å²) in [5.74, 6) is 1.91. The van der Waals surface area contributed by atoms with Crippen LogP contribution >= 0.6 is 11.8 Å². The van der Waals surface area contributed by atoms with E-state index < -0.39 is 0 Å². The van der Waals surface area contributed by atoms with E-state index in [1.807, 2.05) is 18.2 Å². The van der Waals surface area contributed by atoms with Crippen molar-refractivity contribution in [3.8, 4) is 11.5 Å². The minimum Gasteiger partial charge on any atom is -0.454 e. The van der Waals surface area contributed by atoms with Gasteiger partial charge in [-0.25, -0.2) is 4.39 Å². The van der Waals surface area contributed by atoms with Crippen molar-refractivity contribution < 1.29 is 18.7 Å². The van der Waals surface area contributed by atoms with Crippen LogP contribution in [0.4, 0.5) is 4.39 Å². The molecule has 1 heterocycles. The molecule has 0 saturated heterocycles. The molecule has 4 nitrogen and oxygen atoms in total. The Kier molecular flexibility index (Phi) is 5.95. The van der Waals surface area contributed by atoms with Crippen molar-refractivity contribution in [3.05, 3.63) is 59.9 Å². The van der Waals surface area contributed by atoms with Crippen molar-refractivity contribution in [3.63, 3.8) is 0 Å². The van der Waals surface area contributed by atoms with Crippen LogP contribution in [0.2, 0.25) is 0 Å². The maximum Gasteiger partial charge on any atom is 0.243 e. The van der Waals surface area contributed by atoms with Crippen LogP contribution in [-0.4, -0.2) is 25.0 Å². The molecule has 6 heteroatoms. The summed E-state index contributed by atoms with van der Waals surface area (Å²) >= 11 is 1.64. The van der Waals surface area contributed by atoms with E-state index in [0.29, 0.717) is 12.3 Å². The lowest BCUT2D eigenvalue weighted by Crippen LogP contribution is -2.22. The molecule has 0 radical (unpaired) electrons. The van der Waals surface area contributed by atoms with Gasteiger partial charge in [0, 0.05) is 17.5 Å². The lowest BCUT2D eigenvalue weighted by molar-refractivity contribution is -0.116. The van der Waals surface area contributed by atoms with E-state index in [4.69, 9.17) is 9.47 Å². The van der Waals surface area contributed by atoms with E-state index in [9.17, 15) is 9.18 Å². The number of nitrogens with one attached hydrogen (secondary N) is 1. The standard InChI is InChI=1S/C19H18FNO3S/c20-15-4-6-16(7-5-15)25-11-1-10-21-19(22)9-3-14-2-8-17-18(12-14)24-13-23-17/h2-9,12H,1,10-11,13H2,(H,21,22). The number of fused-ring (bicyclic) bond motifs is 1. The molecule has 2 aromatic carbocycles. The van der Waals surface area contributed by atoms with Crippen LogP contribution in [0.1, 0.15) is 12.0 Å². The summed E-state index contributed by atoms with van der Waals surface area (Å²) in [5.41, 5.74) is 0.881. The third kappa shape index (κ3) is 5.26. The molecule has 25 heavy (non-hydrogen) atoms. The first-order valence-electron chi connectivity index (χ1n) is 7.95. The fourth-order valence-electron chi connectivity index (χ4n) is 2.25. The fourth-order valence-corrected chi connectivity index (χ4v) is 3.11. The van der Waals surface area contributed by atoms with Gasteiger partial charge in [-0.3, -0.25) is 4.79 Å². The molecule has 1 aliphatic heterocycles. The zero-order valence-corrected chi connectivity index (χ0v) is 14.4. The zero-order chi connectivity index (χ0) is 17.5. The molecule has 3 rings (SSSR count). The highest BCUT2D eigenvalue weighted by molar-refractivity contribution is 7.99. The Hall–Kier alpha value is -2.47. The molecular formula is C19H18FNO3S. The maximum atomic E-state index is 12.8. The van der Waals surface area contributed by atoms with Crippen LogP contribution < -0.4 is 14.8 Å². The molecule has 0 fully saturated rings. The zero-order valence-electron chi connectivity index (χ0n) is 13.5. The van der Waals surface area contributed by atoms with Crippen molar-refractivity contribution in [2.45, 2.75) is 11.3 Å². The number of carbonyl (C=O) groups excluding carboxylic acids is 1. The summed E-state index contributed by atoms with van der Waals surface area (Å²) in [6, 6.07) is 11.9. The van der Waals surface area contributed by atoms with Crippen molar-refractivity contribution >= 4 is 23.7 Å². The van der Waals surface area contributed by atoms with E-state index in [0.717, 1.165) is 28.4 Å². The van der Waals surface area contributed by atoms with Crippen molar-refractivity contribution in [1.82, 2.24) is 5.32 Å². The van der Waals surface area contributed by atoms with Gasteiger partial charge in [-0.15, -0.1) is 11.8 Å². The largest absolute Gasteiger partial charge is 0.454 e. The summed E-state index contributed by atoms with van der Waals surface area (Å²) in [6.45, 7) is 0.831. The second-order valence-electron chi connectivity index (χ2n) is 5.39. The van der Waals surface area contributed by atoms with Crippen LogP contribution in [-0.2, 0) is 4.79 Å². The van der Waals surface area contributed by atoms with Crippen LogP contribution in [0.3, 0.4) is 0 Å². The normalized spacial score (nSPS) is 12.5. The molecule has 130 valence electrons. The van der Waals surface area contributed by atoms with Crippen LogP contribution in [0, 0.1) is 5.82 Å². The minimum atomic E-state index is -0.231. The van der Waals surface area contributed by atoms with E-state index >= 15 is 0 Å². The topological polar surface area (TPSA) is 47.6 Å². The SMILES string of the molecule is O=C(C=Cc1ccc2c(c1)OCO2)NCCCSc1ccc(F)cc1. The van der Waals surface area contributed by atoms with Gasteiger partial charge >= 0.3 is 0 Å². The Morgan fingerprint density at radius 2 is 1.96 bits per heavy atom. The van der Waals surface area contributed by atoms with Gasteiger partial charge in [-0.1, -0.05) is 6.07 Å². The predicted octanol–water partition coefficient (Wildman–Crippen LogP) is 3.87. The highest BCUT2D eigenvalue weighted by Gasteiger charge is 2.12. The average Bonchev–Trinajstić information content (AvgIpc) is 3.09. The first-order chi connectivity index (χ1) is 12.2. The Balaban J connectivity index is 1.36. The Bertz CT molecular complexity index is 762. The Labute approximate surface area is 150 Å². The Morgan fingerprint density at radius 3 is 2.80 bits per heavy atom. The third-order valence-electron chi connectivity index (χ3n) is 3.53. The van der Waals surface area contributed by atoms with Crippen molar-refractivity contribution in [2.75, 3.05) is 19.1 Å². The molecule has 0 bridgehead atoms. The first-order valence-corrected chi connectivity index (χ1v) is 8.93. The average molecular weight is 359 g/mol. The first kappa shape index (κ1) is 17.4. The van der Waals surface area contributed by atoms with Gasteiger partial charge < -0.3 is 14.8 Å². The van der Waals surface area contributed by atoms with Crippen LogP contribution in [0.25, 0.3) is 6.08 Å². The lowest BCUT2D eigenvalue weighted by atomic mass is 10.2. The molecule has 0 spiro atoms. The number of benzene rings is 2. The molecule has 0 aromatic heterocycles. The number of hydrogen-bond acceptors (Lipinski definition) is 4. The molecule has 0 unspecified atom stereocenters. The second kappa shape index (κ2) is 8.58. The number of halogens is 1. The molecule has 1 N–H and O–H groups in total. The number of thioether (sulfide) groups is 1. The number of rotatable bonds is 7. The van der Waals surface area contributed by atoms with Crippen LogP contribution in [0.5, 0.6) is 11.5 Å². The summed E-state index contributed by atoms with van der Waals surface area (Å²) in [7, 11) is 0. The molecule has 0 atom stereocenters. The van der Waals surface area contributed by atoms with E-state index in [-0.39, 0.29) is 18.5 Å². The number of hydrogen-bond donors (Lipinski definition) is 1. The summed E-state index contributed by atoms with van der Waals surface area (Å²) in [4.78, 5) is 12.8. The van der Waals surface area contributed by atoms with Gasteiger partial charge in [0.1, 0.15) is 5.82 Å². The highest BCUT2D eigenvalue weighted by atomic mass is 32.2. The van der Waals surface area contributed by atoms with Gasteiger partial charge in [-0.05, 0) is 60.2 Å². The molecule has 1 amide bonds. The Morgan fingerprint density at radius 1 is 1.16 bits per heavy atom. The summed E-state index contributed by atoms with van der Waals surface area (Å²) in [5, 5.41) is 2.85. The maximum absolute atomic E-state index is 12.8. The molecule has 2 aromatic rings. The van der Waals surface area contributed by atoms with Gasteiger partial charge in [0.15, 0.2) is 11.5 Å². The van der Waals surface area contributed by atoms with E-state index in [2.05, 4.69) is 5.32 Å². The minimum absolute atomic E-state index is 0.135. The molecule has 0 aliphatic carbocycles. The van der Waals surface area contributed by atoms with E-state index in [1.54, 1.807) is 30.0 Å². The predicted molar refractivity (Wildman–Crippen MR) is 96.3 cm³/mol. The monoisotopic (exact) mass is 359 g/mol. The summed E-state index contributed by atoms with van der Waals surface area (Å²) < 4.78 is 23.4. The number of amides is 1. The molecular weight excluding hydrogens is 341 g/mol. The van der Waals surface area contributed by atoms with Crippen LogP contribution in [0.15, 0.2) is 53.4 Å². The van der Waals surface area contributed by atoms with Gasteiger partial charge in [0.2, 0.25) is 12.7 Å². The van der Waals surface area contributed by atoms with Crippen molar-refractivity contribution in [2.24, 2.45) is 0 Å². The molecule has 0 saturated carbocycles. The smallest absolute Gasteiger partial charge is 0.243 e. The van der Waals surface area contributed by atoms with Crippen molar-refractivity contribution in [1.29, 1.82) is 0 Å². The van der Waals surface area contributed by atoms with Gasteiger partial charge in [-0.2, -0.15) is 0 Å². The van der Waals surface area contributed by atoms with E-state index in [1.165, 1.54) is 18.2 Å². The quantitative estimate of drug-likeness (QED) is 0.463. The van der Waals surface area contributed by atoms with Gasteiger partial charge in [0.05, 0.1) is 0 Å². The summed E-state index contributed by atoms with van der Waals surface area (Å²) in [6.07, 6.45) is 4.08. The second-order valence-corrected chi connectivity index (χ2v) is 6.56. The van der Waals surface area contributed by atoms with Gasteiger partial charge in [0.25, 0.3) is 0 Å². The fraction of sp³-hybridized carbons (Fsp3) is 0.211. The number of carbonyl (C=O) groups is 1. The third-order valence-corrected chi connectivity index (χ3v) is 4.62. The lowest BCUT2D eigenvalue weighted by Gasteiger charge is -2.03. The highest BCUT2D eigenvalue weighted by Crippen LogP contribution is 2.32.